The van der Waals surface area contributed by atoms with E-state index in [2.05, 4.69) is 85.2 Å². The van der Waals surface area contributed by atoms with E-state index in [-0.39, 0.29) is 12.4 Å². The minimum Gasteiger partial charge on any atom is -0.384 e. The Labute approximate surface area is 172 Å². The van der Waals surface area contributed by atoms with Crippen molar-refractivity contribution in [1.29, 1.82) is 0 Å². The highest BCUT2D eigenvalue weighted by molar-refractivity contribution is 6.23. The summed E-state index contributed by atoms with van der Waals surface area (Å²) in [6.07, 6.45) is 1.11. The van der Waals surface area contributed by atoms with E-state index >= 15 is 0 Å². The van der Waals surface area contributed by atoms with Gasteiger partial charge in [-0.1, -0.05) is 18.2 Å². The van der Waals surface area contributed by atoms with Crippen molar-refractivity contribution >= 4 is 50.8 Å². The lowest BCUT2D eigenvalue weighted by atomic mass is 10.0. The second-order valence-electron chi connectivity index (χ2n) is 7.51. The standard InChI is InChI=1S/C23H28N4.ClH/c1-5-27-20-10-7-6-9-17(20)22-21(27)12-11-18-23(22)19(15-16(2)25-18)24-13-8-14-26(3)4;/h6-7,9-12,15H,5,8,13-14H2,1-4H3,(H,24,25);1H. The number of nitrogens with zero attached hydrogens (tertiary/aromatic N) is 3. The summed E-state index contributed by atoms with van der Waals surface area (Å²) in [5.74, 6) is 0. The van der Waals surface area contributed by atoms with Gasteiger partial charge in [-0.3, -0.25) is 4.98 Å². The minimum absolute atomic E-state index is 0. The van der Waals surface area contributed by atoms with Crippen LogP contribution in [-0.4, -0.2) is 41.6 Å². The van der Waals surface area contributed by atoms with Gasteiger partial charge >= 0.3 is 0 Å². The van der Waals surface area contributed by atoms with Gasteiger partial charge in [0.05, 0.1) is 5.52 Å². The minimum atomic E-state index is 0. The summed E-state index contributed by atoms with van der Waals surface area (Å²) in [6.45, 7) is 7.29. The zero-order valence-electron chi connectivity index (χ0n) is 17.1. The van der Waals surface area contributed by atoms with E-state index in [9.17, 15) is 0 Å². The van der Waals surface area contributed by atoms with Crippen molar-refractivity contribution < 1.29 is 0 Å². The predicted octanol–water partition coefficient (Wildman–Crippen LogP) is 5.46. The first kappa shape index (κ1) is 20.4. The highest BCUT2D eigenvalue weighted by Crippen LogP contribution is 2.37. The fourth-order valence-electron chi connectivity index (χ4n) is 4.10. The Morgan fingerprint density at radius 1 is 1.04 bits per heavy atom. The molecule has 4 nitrogen and oxygen atoms in total. The number of aryl methyl sites for hydroxylation is 2. The molecule has 1 N–H and O–H groups in total. The molecule has 28 heavy (non-hydrogen) atoms. The molecule has 0 aliphatic heterocycles. The molecule has 0 spiro atoms. The molecule has 0 saturated heterocycles. The fraction of sp³-hybridized carbons (Fsp3) is 0.348. The van der Waals surface area contributed by atoms with E-state index in [4.69, 9.17) is 4.98 Å². The highest BCUT2D eigenvalue weighted by atomic mass is 35.5. The van der Waals surface area contributed by atoms with Gasteiger partial charge in [0.15, 0.2) is 0 Å². The summed E-state index contributed by atoms with van der Waals surface area (Å²) in [5, 5.41) is 7.55. The summed E-state index contributed by atoms with van der Waals surface area (Å²) in [7, 11) is 4.24. The molecule has 0 aliphatic carbocycles. The molecule has 0 bridgehead atoms. The molecular weight excluding hydrogens is 368 g/mol. The molecule has 5 heteroatoms. The number of halogens is 1. The van der Waals surface area contributed by atoms with Crippen molar-refractivity contribution in [3.63, 3.8) is 0 Å². The van der Waals surface area contributed by atoms with Gasteiger partial charge in [-0.15, -0.1) is 12.4 Å². The molecule has 0 amide bonds. The Morgan fingerprint density at radius 3 is 2.57 bits per heavy atom. The van der Waals surface area contributed by atoms with Gasteiger partial charge in [-0.25, -0.2) is 0 Å². The first-order valence-corrected chi connectivity index (χ1v) is 9.80. The number of fused-ring (bicyclic) bond motifs is 5. The molecule has 148 valence electrons. The van der Waals surface area contributed by atoms with Crippen LogP contribution in [0.5, 0.6) is 0 Å². The smallest absolute Gasteiger partial charge is 0.0733 e. The number of nitrogens with one attached hydrogen (secondary N) is 1. The summed E-state index contributed by atoms with van der Waals surface area (Å²) in [4.78, 5) is 7.05. The van der Waals surface area contributed by atoms with Crippen LogP contribution in [0.25, 0.3) is 32.7 Å². The Morgan fingerprint density at radius 2 is 1.82 bits per heavy atom. The van der Waals surface area contributed by atoms with Crippen LogP contribution >= 0.6 is 12.4 Å². The second-order valence-corrected chi connectivity index (χ2v) is 7.51. The van der Waals surface area contributed by atoms with Crippen LogP contribution in [0.1, 0.15) is 19.0 Å². The summed E-state index contributed by atoms with van der Waals surface area (Å²) < 4.78 is 2.40. The maximum atomic E-state index is 4.83. The lowest BCUT2D eigenvalue weighted by Crippen LogP contribution is -2.16. The van der Waals surface area contributed by atoms with Gasteiger partial charge in [0.2, 0.25) is 0 Å². The van der Waals surface area contributed by atoms with Crippen LogP contribution in [0.15, 0.2) is 42.5 Å². The van der Waals surface area contributed by atoms with E-state index in [0.717, 1.165) is 37.3 Å². The zero-order chi connectivity index (χ0) is 19.0. The number of aromatic nitrogens is 2. The van der Waals surface area contributed by atoms with Crippen LogP contribution in [-0.2, 0) is 6.54 Å². The second kappa shape index (κ2) is 8.38. The molecule has 2 heterocycles. The Balaban J connectivity index is 0.00000225. The monoisotopic (exact) mass is 396 g/mol. The van der Waals surface area contributed by atoms with Gasteiger partial charge in [0.1, 0.15) is 0 Å². The van der Waals surface area contributed by atoms with Crippen LogP contribution in [0.4, 0.5) is 5.69 Å². The Bertz CT molecular complexity index is 1110. The normalized spacial score (nSPS) is 11.5. The van der Waals surface area contributed by atoms with E-state index < -0.39 is 0 Å². The Hall–Kier alpha value is -2.30. The zero-order valence-corrected chi connectivity index (χ0v) is 17.9. The molecule has 0 saturated carbocycles. The fourth-order valence-corrected chi connectivity index (χ4v) is 4.10. The van der Waals surface area contributed by atoms with Crippen molar-refractivity contribution in [2.24, 2.45) is 0 Å². The molecule has 0 unspecified atom stereocenters. The van der Waals surface area contributed by atoms with Gasteiger partial charge in [0.25, 0.3) is 0 Å². The van der Waals surface area contributed by atoms with Crippen molar-refractivity contribution in [3.05, 3.63) is 48.2 Å². The Kier molecular flexibility index (Phi) is 6.11. The van der Waals surface area contributed by atoms with Crippen molar-refractivity contribution in [2.75, 3.05) is 32.5 Å². The molecule has 2 aromatic heterocycles. The number of pyridine rings is 1. The quantitative estimate of drug-likeness (QED) is 0.439. The van der Waals surface area contributed by atoms with Gasteiger partial charge in [0, 0.05) is 51.7 Å². The molecule has 4 rings (SSSR count). The van der Waals surface area contributed by atoms with Crippen LogP contribution < -0.4 is 5.32 Å². The highest BCUT2D eigenvalue weighted by Gasteiger charge is 2.15. The van der Waals surface area contributed by atoms with Crippen LogP contribution in [0.2, 0.25) is 0 Å². The van der Waals surface area contributed by atoms with E-state index in [1.807, 2.05) is 0 Å². The first-order chi connectivity index (χ1) is 13.1. The molecule has 0 fully saturated rings. The molecular formula is C23H29ClN4. The van der Waals surface area contributed by atoms with E-state index in [1.54, 1.807) is 0 Å². The third-order valence-corrected chi connectivity index (χ3v) is 5.25. The van der Waals surface area contributed by atoms with Crippen LogP contribution in [0.3, 0.4) is 0 Å². The van der Waals surface area contributed by atoms with Crippen molar-refractivity contribution in [1.82, 2.24) is 14.5 Å². The van der Waals surface area contributed by atoms with E-state index in [1.165, 1.54) is 32.9 Å². The topological polar surface area (TPSA) is 33.1 Å². The molecule has 4 aromatic rings. The SMILES string of the molecule is CCn1c2ccccc2c2c3c(NCCCN(C)C)cc(C)nc3ccc21.Cl. The summed E-state index contributed by atoms with van der Waals surface area (Å²) >= 11 is 0. The third kappa shape index (κ3) is 3.54. The number of hydrogen-bond donors (Lipinski definition) is 1. The average molecular weight is 397 g/mol. The molecule has 0 atom stereocenters. The van der Waals surface area contributed by atoms with Crippen molar-refractivity contribution in [3.8, 4) is 0 Å². The van der Waals surface area contributed by atoms with E-state index in [0.29, 0.717) is 0 Å². The summed E-state index contributed by atoms with van der Waals surface area (Å²) in [6, 6.07) is 15.3. The summed E-state index contributed by atoms with van der Waals surface area (Å²) in [5.41, 5.74) is 5.89. The van der Waals surface area contributed by atoms with Crippen LogP contribution in [0, 0.1) is 6.92 Å². The lowest BCUT2D eigenvalue weighted by molar-refractivity contribution is 0.405. The number of para-hydroxylation sites is 1. The average Bonchev–Trinajstić information content (AvgIpc) is 2.98. The van der Waals surface area contributed by atoms with Crippen molar-refractivity contribution in [2.45, 2.75) is 26.8 Å². The number of anilines is 1. The largest absolute Gasteiger partial charge is 0.384 e. The van der Waals surface area contributed by atoms with Gasteiger partial charge in [-0.2, -0.15) is 0 Å². The maximum absolute atomic E-state index is 4.83. The molecule has 0 aliphatic rings. The molecule has 2 aromatic carbocycles. The molecule has 0 radical (unpaired) electrons. The third-order valence-electron chi connectivity index (χ3n) is 5.25. The lowest BCUT2D eigenvalue weighted by Gasteiger charge is -2.14. The van der Waals surface area contributed by atoms with Gasteiger partial charge < -0.3 is 14.8 Å². The number of rotatable bonds is 6. The maximum Gasteiger partial charge on any atom is 0.0733 e. The predicted molar refractivity (Wildman–Crippen MR) is 124 cm³/mol. The number of benzene rings is 2. The number of hydrogen-bond acceptors (Lipinski definition) is 3. The van der Waals surface area contributed by atoms with Gasteiger partial charge in [-0.05, 0) is 65.2 Å². The first-order valence-electron chi connectivity index (χ1n) is 9.80.